The molecular formula is C40H48ClN9O4. The first-order valence-electron chi connectivity index (χ1n) is 19.1. The molecule has 2 aromatic heterocycles. The first kappa shape index (κ1) is 36.2. The molecule has 0 radical (unpaired) electrons. The van der Waals surface area contributed by atoms with E-state index in [4.69, 9.17) is 16.7 Å². The van der Waals surface area contributed by atoms with Crippen molar-refractivity contribution in [3.63, 3.8) is 0 Å². The number of nitrogens with zero attached hydrogens (tertiary/aromatic N) is 7. The van der Waals surface area contributed by atoms with E-state index in [0.29, 0.717) is 18.5 Å². The Morgan fingerprint density at radius 2 is 1.65 bits per heavy atom. The van der Waals surface area contributed by atoms with E-state index in [2.05, 4.69) is 62.9 Å². The lowest BCUT2D eigenvalue weighted by atomic mass is 9.71. The van der Waals surface area contributed by atoms with E-state index in [9.17, 15) is 19.2 Å². The summed E-state index contributed by atoms with van der Waals surface area (Å²) >= 11 is 6.33. The van der Waals surface area contributed by atoms with Gasteiger partial charge in [0.15, 0.2) is 0 Å². The van der Waals surface area contributed by atoms with E-state index in [1.807, 2.05) is 28.8 Å². The zero-order valence-electron chi connectivity index (χ0n) is 31.2. The average Bonchev–Trinajstić information content (AvgIpc) is 3.50. The van der Waals surface area contributed by atoms with Gasteiger partial charge in [-0.25, -0.2) is 4.68 Å². The number of carbonyl (C=O) groups is 3. The lowest BCUT2D eigenvalue weighted by molar-refractivity contribution is -0.134. The summed E-state index contributed by atoms with van der Waals surface area (Å²) in [4.78, 5) is 57.0. The summed E-state index contributed by atoms with van der Waals surface area (Å²) in [5, 5.41) is 15.8. The molecule has 0 saturated carbocycles. The fraction of sp³-hybridized carbons (Fsp3) is 0.500. The third-order valence-electron chi connectivity index (χ3n) is 12.4. The van der Waals surface area contributed by atoms with Crippen LogP contribution in [0.25, 0.3) is 10.9 Å². The minimum atomic E-state index is -0.413. The maximum Gasteiger partial charge on any atom is 0.287 e. The molecule has 6 heterocycles. The molecule has 2 N–H and O–H groups in total. The molecule has 0 aliphatic carbocycles. The smallest absolute Gasteiger partial charge is 0.287 e. The first-order valence-corrected chi connectivity index (χ1v) is 19.5. The minimum Gasteiger partial charge on any atom is -0.378 e. The molecule has 4 aliphatic heterocycles. The van der Waals surface area contributed by atoms with Crippen molar-refractivity contribution >= 4 is 51.6 Å². The van der Waals surface area contributed by atoms with Gasteiger partial charge in [-0.2, -0.15) is 10.2 Å². The van der Waals surface area contributed by atoms with Crippen molar-refractivity contribution in [3.8, 4) is 0 Å². The van der Waals surface area contributed by atoms with Crippen LogP contribution in [0.4, 0.5) is 11.4 Å². The van der Waals surface area contributed by atoms with E-state index in [-0.39, 0.29) is 45.7 Å². The van der Waals surface area contributed by atoms with Crippen LogP contribution in [-0.4, -0.2) is 99.4 Å². The number of hydrogen-bond donors (Lipinski definition) is 2. The number of likely N-dealkylation sites (N-methyl/N-ethyl adjacent to an activating group) is 1. The fourth-order valence-corrected chi connectivity index (χ4v) is 9.41. The number of anilines is 2. The monoisotopic (exact) mass is 753 g/mol. The lowest BCUT2D eigenvalue weighted by Crippen LogP contribution is -2.48. The molecule has 14 heteroatoms. The highest BCUT2D eigenvalue weighted by molar-refractivity contribution is 6.32. The van der Waals surface area contributed by atoms with Crippen molar-refractivity contribution in [1.82, 2.24) is 34.7 Å². The number of hydrogen-bond acceptors (Lipinski definition) is 9. The largest absolute Gasteiger partial charge is 0.378 e. The maximum atomic E-state index is 13.7. The van der Waals surface area contributed by atoms with Gasteiger partial charge in [0.05, 0.1) is 29.0 Å². The molecule has 13 nitrogen and oxygen atoms in total. The number of aryl methyl sites for hydroxylation is 2. The highest BCUT2D eigenvalue weighted by Gasteiger charge is 2.39. The molecule has 8 rings (SSSR count). The molecule has 54 heavy (non-hydrogen) atoms. The van der Waals surface area contributed by atoms with Crippen molar-refractivity contribution < 1.29 is 14.4 Å². The van der Waals surface area contributed by atoms with Crippen LogP contribution in [0, 0.1) is 5.41 Å². The van der Waals surface area contributed by atoms with Gasteiger partial charge < -0.3 is 20.0 Å². The van der Waals surface area contributed by atoms with Crippen molar-refractivity contribution in [3.05, 3.63) is 80.9 Å². The number of likely N-dealkylation sites (tertiary alicyclic amines) is 2. The van der Waals surface area contributed by atoms with Crippen LogP contribution in [-0.2, 0) is 23.7 Å². The highest BCUT2D eigenvalue weighted by Crippen LogP contribution is 2.43. The maximum absolute atomic E-state index is 13.7. The van der Waals surface area contributed by atoms with E-state index in [1.165, 1.54) is 10.2 Å². The van der Waals surface area contributed by atoms with Crippen molar-refractivity contribution in [2.75, 3.05) is 56.5 Å². The quantitative estimate of drug-likeness (QED) is 0.277. The number of carbonyl (C=O) groups excluding carboxylic acids is 3. The van der Waals surface area contributed by atoms with Crippen LogP contribution in [0.2, 0.25) is 5.02 Å². The number of halogens is 1. The van der Waals surface area contributed by atoms with Gasteiger partial charge >= 0.3 is 0 Å². The molecule has 4 aromatic rings. The Labute approximate surface area is 319 Å². The van der Waals surface area contributed by atoms with Crippen LogP contribution in [0.1, 0.15) is 78.4 Å². The SMILES string of the molecule is CN1C[C@@H](Nc2cnn(C)c(=O)c2Cl)C[C@@H](c2ccc(C(=O)N3CCC4(CC3)CCN(c3ccc5c(C6CCC(=O)NC6=O)nn(C)c5c3)CC4)cc2)C1. The summed E-state index contributed by atoms with van der Waals surface area (Å²) in [6.45, 7) is 5.18. The Balaban J connectivity index is 0.851. The Kier molecular flexibility index (Phi) is 9.72. The van der Waals surface area contributed by atoms with Gasteiger partial charge in [-0.3, -0.25) is 29.2 Å². The number of nitrogens with one attached hydrogen (secondary N) is 2. The van der Waals surface area contributed by atoms with E-state index in [1.54, 1.807) is 13.2 Å². The summed E-state index contributed by atoms with van der Waals surface area (Å²) in [5.41, 5.74) is 5.28. The summed E-state index contributed by atoms with van der Waals surface area (Å²) < 4.78 is 3.08. The standard InChI is InChI=1S/C40H48ClN9O4/c1-46-23-27(20-28(24-46)43-32-22-42-48(3)39(54)35(32)41)25-4-6-26(7-5-25)38(53)50-18-14-40(15-19-50)12-16-49(17-13-40)29-8-9-30-33(21-29)47(2)45-36(30)31-10-11-34(51)44-37(31)52/h4-9,21-22,27-28,31,43H,10-20,23-24H2,1-3H3,(H,44,51,52)/t27-,28+,31?/m1/s1. The Morgan fingerprint density at radius 1 is 0.926 bits per heavy atom. The zero-order valence-corrected chi connectivity index (χ0v) is 31.9. The minimum absolute atomic E-state index is 0.0961. The first-order chi connectivity index (χ1) is 26.0. The molecular weight excluding hydrogens is 706 g/mol. The number of rotatable bonds is 6. The predicted octanol–water partition coefficient (Wildman–Crippen LogP) is 4.26. The predicted molar refractivity (Wildman–Crippen MR) is 208 cm³/mol. The van der Waals surface area contributed by atoms with Gasteiger partial charge in [-0.15, -0.1) is 0 Å². The second kappa shape index (κ2) is 14.5. The molecule has 4 fully saturated rings. The molecule has 1 unspecified atom stereocenters. The van der Waals surface area contributed by atoms with Gasteiger partial charge in [-0.1, -0.05) is 23.7 Å². The number of imide groups is 1. The van der Waals surface area contributed by atoms with Gasteiger partial charge in [-0.05, 0) is 92.8 Å². The zero-order chi connectivity index (χ0) is 37.7. The lowest BCUT2D eigenvalue weighted by Gasteiger charge is -2.47. The number of fused-ring (bicyclic) bond motifs is 1. The summed E-state index contributed by atoms with van der Waals surface area (Å²) in [7, 11) is 5.59. The molecule has 4 aliphatic rings. The van der Waals surface area contributed by atoms with Crippen LogP contribution in [0.15, 0.2) is 53.5 Å². The molecule has 4 saturated heterocycles. The Morgan fingerprint density at radius 3 is 2.37 bits per heavy atom. The topological polar surface area (TPSA) is 138 Å². The number of amides is 3. The summed E-state index contributed by atoms with van der Waals surface area (Å²) in [6.07, 6.45) is 7.49. The van der Waals surface area contributed by atoms with Gasteiger partial charge in [0.2, 0.25) is 11.8 Å². The number of aromatic nitrogens is 4. The Bertz CT molecular complexity index is 2150. The average molecular weight is 754 g/mol. The molecule has 3 amide bonds. The second-order valence-electron chi connectivity index (χ2n) is 15.9. The third-order valence-corrected chi connectivity index (χ3v) is 12.8. The van der Waals surface area contributed by atoms with E-state index >= 15 is 0 Å². The van der Waals surface area contributed by atoms with Crippen molar-refractivity contribution in [2.45, 2.75) is 62.8 Å². The van der Waals surface area contributed by atoms with Gasteiger partial charge in [0.25, 0.3) is 11.5 Å². The van der Waals surface area contributed by atoms with Crippen LogP contribution in [0.3, 0.4) is 0 Å². The second-order valence-corrected chi connectivity index (χ2v) is 16.3. The normalized spacial score (nSPS) is 23.5. The van der Waals surface area contributed by atoms with Gasteiger partial charge in [0.1, 0.15) is 5.02 Å². The third kappa shape index (κ3) is 6.99. The van der Waals surface area contributed by atoms with Crippen molar-refractivity contribution in [2.24, 2.45) is 19.5 Å². The molecule has 3 atom stereocenters. The van der Waals surface area contributed by atoms with E-state index in [0.717, 1.165) is 99.2 Å². The van der Waals surface area contributed by atoms with Gasteiger partial charge in [0, 0.05) is 82.5 Å². The highest BCUT2D eigenvalue weighted by atomic mass is 35.5. The van der Waals surface area contributed by atoms with Crippen LogP contribution < -0.4 is 21.1 Å². The van der Waals surface area contributed by atoms with Crippen LogP contribution in [0.5, 0.6) is 0 Å². The molecule has 1 spiro atoms. The van der Waals surface area contributed by atoms with E-state index < -0.39 is 5.92 Å². The summed E-state index contributed by atoms with van der Waals surface area (Å²) in [5.74, 6) is -0.529. The summed E-state index contributed by atoms with van der Waals surface area (Å²) in [6, 6.07) is 14.6. The van der Waals surface area contributed by atoms with Crippen LogP contribution >= 0.6 is 11.6 Å². The number of benzene rings is 2. The molecule has 284 valence electrons. The fourth-order valence-electron chi connectivity index (χ4n) is 9.18. The molecule has 0 bridgehead atoms. The number of piperidine rings is 4. The van der Waals surface area contributed by atoms with Crippen molar-refractivity contribution in [1.29, 1.82) is 0 Å². The molecule has 2 aromatic carbocycles. The Hall–Kier alpha value is -4.75.